The predicted molar refractivity (Wildman–Crippen MR) is 109 cm³/mol. The van der Waals surface area contributed by atoms with E-state index >= 15 is 0 Å². The lowest BCUT2D eigenvalue weighted by Crippen LogP contribution is -2.32. The van der Waals surface area contributed by atoms with Gasteiger partial charge in [-0.2, -0.15) is 0 Å². The fourth-order valence-electron chi connectivity index (χ4n) is 3.44. The summed E-state index contributed by atoms with van der Waals surface area (Å²) in [4.78, 5) is 33.6. The molecule has 0 spiro atoms. The van der Waals surface area contributed by atoms with Crippen molar-refractivity contribution in [1.82, 2.24) is 14.8 Å². The predicted octanol–water partition coefficient (Wildman–Crippen LogP) is 2.46. The van der Waals surface area contributed by atoms with E-state index in [0.717, 1.165) is 6.54 Å². The Labute approximate surface area is 170 Å². The molecule has 7 nitrogen and oxygen atoms in total. The molecule has 0 radical (unpaired) electrons. The van der Waals surface area contributed by atoms with Crippen molar-refractivity contribution in [2.45, 2.75) is 12.5 Å². The first-order valence-corrected chi connectivity index (χ1v) is 9.42. The number of rotatable bonds is 7. The Bertz CT molecular complexity index is 925. The van der Waals surface area contributed by atoms with Gasteiger partial charge in [0.1, 0.15) is 17.6 Å². The number of carbonyl (C=O) groups is 2. The number of Topliss-reactive ketones (excluding diaryl/α,β-unsaturated/α-hetero) is 1. The van der Waals surface area contributed by atoms with Crippen LogP contribution in [0.15, 0.2) is 54.2 Å². The van der Waals surface area contributed by atoms with Crippen LogP contribution in [0.1, 0.15) is 23.7 Å². The Morgan fingerprint density at radius 2 is 2.00 bits per heavy atom. The molecule has 1 unspecified atom stereocenters. The summed E-state index contributed by atoms with van der Waals surface area (Å²) in [6.45, 7) is 1.16. The number of pyridine rings is 1. The maximum absolute atomic E-state index is 12.9. The van der Waals surface area contributed by atoms with Crippen molar-refractivity contribution in [3.05, 3.63) is 65.5 Å². The van der Waals surface area contributed by atoms with Crippen LogP contribution in [0.25, 0.3) is 5.76 Å². The molecule has 1 aromatic heterocycles. The second-order valence-electron chi connectivity index (χ2n) is 7.14. The summed E-state index contributed by atoms with van der Waals surface area (Å²) in [6, 6.07) is 11.4. The lowest BCUT2D eigenvalue weighted by atomic mass is 9.98. The Morgan fingerprint density at radius 1 is 1.21 bits per heavy atom. The molecule has 0 bridgehead atoms. The average molecular weight is 395 g/mol. The fourth-order valence-corrected chi connectivity index (χ4v) is 3.44. The number of likely N-dealkylation sites (tertiary alicyclic amines) is 1. The van der Waals surface area contributed by atoms with Crippen LogP contribution < -0.4 is 4.74 Å². The van der Waals surface area contributed by atoms with Gasteiger partial charge in [0.15, 0.2) is 0 Å². The Balaban J connectivity index is 2.07. The number of hydrogen-bond donors (Lipinski definition) is 1. The van der Waals surface area contributed by atoms with Crippen LogP contribution in [0, 0.1) is 0 Å². The average Bonchev–Trinajstić information content (AvgIpc) is 2.98. The summed E-state index contributed by atoms with van der Waals surface area (Å²) >= 11 is 0. The van der Waals surface area contributed by atoms with Gasteiger partial charge in [-0.1, -0.05) is 18.2 Å². The first-order chi connectivity index (χ1) is 13.9. The summed E-state index contributed by atoms with van der Waals surface area (Å²) < 4.78 is 5.21. The van der Waals surface area contributed by atoms with Crippen molar-refractivity contribution in [2.75, 3.05) is 34.3 Å². The number of aliphatic hydroxyl groups is 1. The van der Waals surface area contributed by atoms with Crippen molar-refractivity contribution in [3.63, 3.8) is 0 Å². The third-order valence-electron chi connectivity index (χ3n) is 4.86. The van der Waals surface area contributed by atoms with Gasteiger partial charge in [-0.3, -0.25) is 14.6 Å². The monoisotopic (exact) mass is 395 g/mol. The number of carbonyl (C=O) groups excluding carboxylic acids is 2. The topological polar surface area (TPSA) is 83.0 Å². The maximum atomic E-state index is 12.9. The highest BCUT2D eigenvalue weighted by molar-refractivity contribution is 6.46. The third kappa shape index (κ3) is 4.30. The van der Waals surface area contributed by atoms with Gasteiger partial charge in [-0.15, -0.1) is 0 Å². The molecule has 7 heteroatoms. The highest BCUT2D eigenvalue weighted by Gasteiger charge is 2.46. The molecule has 1 saturated heterocycles. The van der Waals surface area contributed by atoms with Crippen LogP contribution in [0.5, 0.6) is 5.75 Å². The van der Waals surface area contributed by atoms with Gasteiger partial charge >= 0.3 is 0 Å². The van der Waals surface area contributed by atoms with E-state index in [1.807, 2.05) is 19.0 Å². The van der Waals surface area contributed by atoms with Gasteiger partial charge in [0.25, 0.3) is 11.7 Å². The Hall–Kier alpha value is -3.19. The van der Waals surface area contributed by atoms with Crippen LogP contribution in [0.4, 0.5) is 0 Å². The van der Waals surface area contributed by atoms with Gasteiger partial charge < -0.3 is 19.6 Å². The first-order valence-electron chi connectivity index (χ1n) is 9.42. The number of ether oxygens (including phenoxy) is 1. The molecule has 1 N–H and O–H groups in total. The van der Waals surface area contributed by atoms with Crippen molar-refractivity contribution in [3.8, 4) is 5.75 Å². The van der Waals surface area contributed by atoms with E-state index in [4.69, 9.17) is 4.74 Å². The third-order valence-corrected chi connectivity index (χ3v) is 4.86. The van der Waals surface area contributed by atoms with Crippen LogP contribution >= 0.6 is 0 Å². The molecule has 29 heavy (non-hydrogen) atoms. The number of benzene rings is 1. The van der Waals surface area contributed by atoms with E-state index in [2.05, 4.69) is 4.98 Å². The van der Waals surface area contributed by atoms with Crippen LogP contribution in [-0.2, 0) is 9.59 Å². The molecule has 0 aliphatic carbocycles. The van der Waals surface area contributed by atoms with E-state index in [0.29, 0.717) is 30.0 Å². The summed E-state index contributed by atoms with van der Waals surface area (Å²) in [5, 5.41) is 11.0. The lowest BCUT2D eigenvalue weighted by Gasteiger charge is -2.25. The number of methoxy groups -OCH3 is 1. The molecular formula is C22H25N3O4. The molecular weight excluding hydrogens is 370 g/mol. The molecule has 3 rings (SSSR count). The largest absolute Gasteiger partial charge is 0.507 e. The van der Waals surface area contributed by atoms with Crippen LogP contribution in [0.2, 0.25) is 0 Å². The molecule has 1 aliphatic rings. The van der Waals surface area contributed by atoms with Crippen molar-refractivity contribution < 1.29 is 19.4 Å². The van der Waals surface area contributed by atoms with Crippen molar-refractivity contribution in [2.24, 2.45) is 0 Å². The Kier molecular flexibility index (Phi) is 6.29. The smallest absolute Gasteiger partial charge is 0.295 e. The van der Waals surface area contributed by atoms with Crippen LogP contribution in [-0.4, -0.2) is 65.9 Å². The molecule has 1 aromatic carbocycles. The summed E-state index contributed by atoms with van der Waals surface area (Å²) in [5.41, 5.74) is 1.00. The zero-order valence-corrected chi connectivity index (χ0v) is 16.8. The van der Waals surface area contributed by atoms with Gasteiger partial charge in [0.05, 0.1) is 18.4 Å². The molecule has 1 amide bonds. The van der Waals surface area contributed by atoms with Crippen molar-refractivity contribution >= 4 is 17.4 Å². The summed E-state index contributed by atoms with van der Waals surface area (Å²) in [7, 11) is 5.43. The number of aliphatic hydroxyl groups excluding tert-OH is 1. The van der Waals surface area contributed by atoms with Gasteiger partial charge in [-0.25, -0.2) is 0 Å². The minimum atomic E-state index is -0.732. The minimum absolute atomic E-state index is 0.0480. The Morgan fingerprint density at radius 3 is 2.66 bits per heavy atom. The first kappa shape index (κ1) is 20.5. The van der Waals surface area contributed by atoms with E-state index in [-0.39, 0.29) is 11.3 Å². The number of nitrogens with zero attached hydrogens (tertiary/aromatic N) is 3. The minimum Gasteiger partial charge on any atom is -0.507 e. The number of amides is 1. The lowest BCUT2D eigenvalue weighted by molar-refractivity contribution is -0.140. The van der Waals surface area contributed by atoms with Gasteiger partial charge in [-0.05, 0) is 51.3 Å². The van der Waals surface area contributed by atoms with Gasteiger partial charge in [0, 0.05) is 18.3 Å². The highest BCUT2D eigenvalue weighted by atomic mass is 16.5. The molecule has 152 valence electrons. The standard InChI is InChI=1S/C22H25N3O4/c1-24(2)12-7-13-25-19(17-10-4-5-11-23-17)18(21(27)22(25)28)20(26)15-8-6-9-16(14-15)29-3/h4-6,8-11,14,19,26H,7,12-13H2,1-3H3/b20-18+. The van der Waals surface area contributed by atoms with Crippen LogP contribution in [0.3, 0.4) is 0 Å². The number of aromatic nitrogens is 1. The SMILES string of the molecule is COc1cccc(/C(O)=C2\C(=O)C(=O)N(CCCN(C)C)C2c2ccccn2)c1. The molecule has 0 saturated carbocycles. The van der Waals surface area contributed by atoms with E-state index in [1.54, 1.807) is 48.7 Å². The van der Waals surface area contributed by atoms with E-state index < -0.39 is 17.7 Å². The summed E-state index contributed by atoms with van der Waals surface area (Å²) in [5.74, 6) is -1.01. The zero-order valence-electron chi connectivity index (χ0n) is 16.8. The second kappa shape index (κ2) is 8.87. The fraction of sp³-hybridized carbons (Fsp3) is 0.318. The number of ketones is 1. The summed E-state index contributed by atoms with van der Waals surface area (Å²) in [6.07, 6.45) is 2.31. The highest BCUT2D eigenvalue weighted by Crippen LogP contribution is 2.38. The molecule has 2 aromatic rings. The molecule has 1 atom stereocenters. The second-order valence-corrected chi connectivity index (χ2v) is 7.14. The number of hydrogen-bond acceptors (Lipinski definition) is 6. The normalized spacial score (nSPS) is 18.5. The molecule has 1 aliphatic heterocycles. The molecule has 2 heterocycles. The quantitative estimate of drug-likeness (QED) is 0.441. The molecule has 1 fully saturated rings. The van der Waals surface area contributed by atoms with Crippen molar-refractivity contribution in [1.29, 1.82) is 0 Å². The van der Waals surface area contributed by atoms with E-state index in [1.165, 1.54) is 12.0 Å². The van der Waals surface area contributed by atoms with E-state index in [9.17, 15) is 14.7 Å². The zero-order chi connectivity index (χ0) is 21.0. The van der Waals surface area contributed by atoms with Gasteiger partial charge in [0.2, 0.25) is 0 Å². The maximum Gasteiger partial charge on any atom is 0.295 e.